The van der Waals surface area contributed by atoms with Crippen LogP contribution in [0.5, 0.6) is 0 Å². The highest BCUT2D eigenvalue weighted by Crippen LogP contribution is 2.23. The van der Waals surface area contributed by atoms with Gasteiger partial charge in [0.15, 0.2) is 0 Å². The van der Waals surface area contributed by atoms with Gasteiger partial charge in [-0.25, -0.2) is 0 Å². The molecule has 2 aromatic rings. The van der Waals surface area contributed by atoms with Gasteiger partial charge in [0, 0.05) is 24.9 Å². The Morgan fingerprint density at radius 3 is 3.06 bits per heavy atom. The van der Waals surface area contributed by atoms with E-state index in [4.69, 9.17) is 4.42 Å². The minimum atomic E-state index is 0.237. The van der Waals surface area contributed by atoms with E-state index >= 15 is 0 Å². The fraction of sp³-hybridized carbons (Fsp3) is 0.357. The molecular formula is C14H15NO2S. The molecule has 4 heteroatoms. The van der Waals surface area contributed by atoms with Gasteiger partial charge in [0.05, 0.1) is 6.26 Å². The van der Waals surface area contributed by atoms with Crippen LogP contribution >= 0.6 is 12.6 Å². The van der Waals surface area contributed by atoms with E-state index < -0.39 is 0 Å². The van der Waals surface area contributed by atoms with Crippen molar-refractivity contribution in [3.05, 3.63) is 36.1 Å². The highest BCUT2D eigenvalue weighted by atomic mass is 32.1. The monoisotopic (exact) mass is 261 g/mol. The molecule has 1 amide bonds. The number of amides is 1. The van der Waals surface area contributed by atoms with Crippen molar-refractivity contribution in [2.45, 2.75) is 13.0 Å². The van der Waals surface area contributed by atoms with E-state index in [0.717, 1.165) is 28.8 Å². The number of benzene rings is 1. The lowest BCUT2D eigenvalue weighted by molar-refractivity contribution is -0.128. The number of furan rings is 1. The fourth-order valence-corrected chi connectivity index (χ4v) is 2.71. The Morgan fingerprint density at radius 1 is 1.39 bits per heavy atom. The largest absolute Gasteiger partial charge is 0.464 e. The van der Waals surface area contributed by atoms with Gasteiger partial charge >= 0.3 is 0 Å². The Kier molecular flexibility index (Phi) is 3.04. The Labute approximate surface area is 111 Å². The van der Waals surface area contributed by atoms with E-state index in [1.54, 1.807) is 6.26 Å². The lowest BCUT2D eigenvalue weighted by Gasteiger charge is -2.16. The standard InChI is InChI=1S/C14H15NO2S/c16-14-6-11(9-18)8-15(14)7-10-1-2-13-12(5-10)3-4-17-13/h1-5,11,18H,6-9H2. The molecular weight excluding hydrogens is 246 g/mol. The zero-order valence-corrected chi connectivity index (χ0v) is 10.9. The molecule has 94 valence electrons. The van der Waals surface area contributed by atoms with Crippen LogP contribution in [0.15, 0.2) is 34.9 Å². The van der Waals surface area contributed by atoms with Crippen molar-refractivity contribution in [2.24, 2.45) is 5.92 Å². The zero-order chi connectivity index (χ0) is 12.5. The lowest BCUT2D eigenvalue weighted by Crippen LogP contribution is -2.24. The van der Waals surface area contributed by atoms with Crippen molar-refractivity contribution < 1.29 is 9.21 Å². The van der Waals surface area contributed by atoms with Crippen molar-refractivity contribution in [1.29, 1.82) is 0 Å². The second kappa shape index (κ2) is 4.69. The summed E-state index contributed by atoms with van der Waals surface area (Å²) in [7, 11) is 0. The number of fused-ring (bicyclic) bond motifs is 1. The predicted octanol–water partition coefficient (Wildman–Crippen LogP) is 2.71. The van der Waals surface area contributed by atoms with Crippen LogP contribution in [0.4, 0.5) is 0 Å². The summed E-state index contributed by atoms with van der Waals surface area (Å²) < 4.78 is 5.31. The minimum absolute atomic E-state index is 0.237. The minimum Gasteiger partial charge on any atom is -0.464 e. The smallest absolute Gasteiger partial charge is 0.223 e. The average Bonchev–Trinajstić information content (AvgIpc) is 2.96. The van der Waals surface area contributed by atoms with Crippen LogP contribution in [0, 0.1) is 5.92 Å². The highest BCUT2D eigenvalue weighted by molar-refractivity contribution is 7.80. The van der Waals surface area contributed by atoms with E-state index in [0.29, 0.717) is 18.9 Å². The van der Waals surface area contributed by atoms with Crippen LogP contribution in [-0.4, -0.2) is 23.1 Å². The molecule has 18 heavy (non-hydrogen) atoms. The summed E-state index contributed by atoms with van der Waals surface area (Å²) in [5.41, 5.74) is 2.04. The molecule has 0 saturated carbocycles. The molecule has 1 unspecified atom stereocenters. The normalized spacial score (nSPS) is 19.9. The molecule has 0 bridgehead atoms. The molecule has 0 spiro atoms. The third-order valence-electron chi connectivity index (χ3n) is 3.44. The number of carbonyl (C=O) groups is 1. The van der Waals surface area contributed by atoms with Crippen LogP contribution in [-0.2, 0) is 11.3 Å². The van der Waals surface area contributed by atoms with Crippen LogP contribution in [0.2, 0.25) is 0 Å². The molecule has 0 radical (unpaired) electrons. The van der Waals surface area contributed by atoms with Gasteiger partial charge in [-0.15, -0.1) is 0 Å². The fourth-order valence-electron chi connectivity index (χ4n) is 2.46. The molecule has 1 aliphatic heterocycles. The molecule has 1 saturated heterocycles. The van der Waals surface area contributed by atoms with Crippen molar-refractivity contribution in [3.8, 4) is 0 Å². The lowest BCUT2D eigenvalue weighted by atomic mass is 10.1. The molecule has 1 aromatic carbocycles. The van der Waals surface area contributed by atoms with Gasteiger partial charge in [-0.1, -0.05) is 6.07 Å². The molecule has 1 atom stereocenters. The van der Waals surface area contributed by atoms with E-state index in [2.05, 4.69) is 18.7 Å². The Morgan fingerprint density at radius 2 is 2.28 bits per heavy atom. The summed E-state index contributed by atoms with van der Waals surface area (Å²) in [4.78, 5) is 13.8. The van der Waals surface area contributed by atoms with Crippen LogP contribution in [0.1, 0.15) is 12.0 Å². The molecule has 3 rings (SSSR count). The van der Waals surface area contributed by atoms with Crippen LogP contribution in [0.3, 0.4) is 0 Å². The van der Waals surface area contributed by atoms with Gasteiger partial charge in [-0.3, -0.25) is 4.79 Å². The summed E-state index contributed by atoms with van der Waals surface area (Å²) in [5.74, 6) is 1.42. The number of likely N-dealkylation sites (tertiary alicyclic amines) is 1. The molecule has 3 nitrogen and oxygen atoms in total. The first-order valence-electron chi connectivity index (χ1n) is 6.11. The number of hydrogen-bond donors (Lipinski definition) is 1. The van der Waals surface area contributed by atoms with Gasteiger partial charge in [0.2, 0.25) is 5.91 Å². The number of rotatable bonds is 3. The number of nitrogens with zero attached hydrogens (tertiary/aromatic N) is 1. The number of carbonyl (C=O) groups excluding carboxylic acids is 1. The predicted molar refractivity (Wildman–Crippen MR) is 73.6 cm³/mol. The van der Waals surface area contributed by atoms with E-state index in [1.807, 2.05) is 23.1 Å². The van der Waals surface area contributed by atoms with Crippen molar-refractivity contribution in [2.75, 3.05) is 12.3 Å². The van der Waals surface area contributed by atoms with E-state index in [1.165, 1.54) is 0 Å². The van der Waals surface area contributed by atoms with Gasteiger partial charge in [-0.2, -0.15) is 12.6 Å². The SMILES string of the molecule is O=C1CC(CS)CN1Cc1ccc2occc2c1. The Hall–Kier alpha value is -1.42. The van der Waals surface area contributed by atoms with E-state index in [9.17, 15) is 4.79 Å². The van der Waals surface area contributed by atoms with Gasteiger partial charge in [0.1, 0.15) is 5.58 Å². The summed E-state index contributed by atoms with van der Waals surface area (Å²) in [6.07, 6.45) is 2.32. The van der Waals surface area contributed by atoms with Gasteiger partial charge < -0.3 is 9.32 Å². The molecule has 1 aliphatic rings. The Bertz CT molecular complexity index is 578. The first-order chi connectivity index (χ1) is 8.76. The second-order valence-electron chi connectivity index (χ2n) is 4.82. The maximum atomic E-state index is 11.8. The van der Waals surface area contributed by atoms with Crippen LogP contribution < -0.4 is 0 Å². The first-order valence-corrected chi connectivity index (χ1v) is 6.74. The first kappa shape index (κ1) is 11.7. The summed E-state index contributed by atoms with van der Waals surface area (Å²) in [6, 6.07) is 8.01. The summed E-state index contributed by atoms with van der Waals surface area (Å²) in [5, 5.41) is 1.09. The maximum absolute atomic E-state index is 11.8. The topological polar surface area (TPSA) is 33.5 Å². The van der Waals surface area contributed by atoms with E-state index in [-0.39, 0.29) is 5.91 Å². The molecule has 1 aromatic heterocycles. The third-order valence-corrected chi connectivity index (χ3v) is 3.96. The van der Waals surface area contributed by atoms with Crippen molar-refractivity contribution >= 4 is 29.5 Å². The Balaban J connectivity index is 1.77. The molecule has 2 heterocycles. The number of thiol groups is 1. The van der Waals surface area contributed by atoms with Gasteiger partial charge in [0.25, 0.3) is 0 Å². The zero-order valence-electron chi connectivity index (χ0n) is 10.0. The van der Waals surface area contributed by atoms with Gasteiger partial charge in [-0.05, 0) is 35.4 Å². The van der Waals surface area contributed by atoms with Crippen molar-refractivity contribution in [1.82, 2.24) is 4.90 Å². The highest BCUT2D eigenvalue weighted by Gasteiger charge is 2.28. The molecule has 0 aliphatic carbocycles. The molecule has 1 fully saturated rings. The molecule has 0 N–H and O–H groups in total. The number of hydrogen-bond acceptors (Lipinski definition) is 3. The summed E-state index contributed by atoms with van der Waals surface area (Å²) >= 11 is 4.27. The van der Waals surface area contributed by atoms with Crippen LogP contribution in [0.25, 0.3) is 11.0 Å². The summed E-state index contributed by atoms with van der Waals surface area (Å²) in [6.45, 7) is 1.51. The maximum Gasteiger partial charge on any atom is 0.223 e. The van der Waals surface area contributed by atoms with Crippen molar-refractivity contribution in [3.63, 3.8) is 0 Å². The average molecular weight is 261 g/mol. The third kappa shape index (κ3) is 2.12. The quantitative estimate of drug-likeness (QED) is 0.862. The second-order valence-corrected chi connectivity index (χ2v) is 5.18.